The largest absolute Gasteiger partial charge is 0.472 e. The van der Waals surface area contributed by atoms with E-state index in [1.54, 1.807) is 0 Å². The van der Waals surface area contributed by atoms with Gasteiger partial charge >= 0.3 is 13.8 Å². The molecule has 300 valence electrons. The van der Waals surface area contributed by atoms with Crippen LogP contribution in [0, 0.1) is 0 Å². The summed E-state index contributed by atoms with van der Waals surface area (Å²) < 4.78 is 33.4. The van der Waals surface area contributed by atoms with Crippen LogP contribution in [-0.2, 0) is 27.9 Å². The van der Waals surface area contributed by atoms with Gasteiger partial charge in [0, 0.05) is 19.6 Å². The summed E-state index contributed by atoms with van der Waals surface area (Å²) in [7, 11) is -4.26. The van der Waals surface area contributed by atoms with E-state index in [1.807, 2.05) is 0 Å². The van der Waals surface area contributed by atoms with Crippen molar-refractivity contribution in [3.8, 4) is 0 Å². The summed E-state index contributed by atoms with van der Waals surface area (Å²) in [5, 5.41) is 0. The topological polar surface area (TPSA) is 117 Å². The Balaban J connectivity index is 3.96. The molecular weight excluding hydrogens is 649 g/mol. The summed E-state index contributed by atoms with van der Waals surface area (Å²) in [5.74, 6) is -0.325. The summed E-state index contributed by atoms with van der Waals surface area (Å²) in [5.41, 5.74) is 5.36. The number of unbranched alkanes of at least 4 members (excludes halogenated alkanes) is 29. The highest BCUT2D eigenvalue weighted by molar-refractivity contribution is 7.47. The van der Waals surface area contributed by atoms with Gasteiger partial charge in [0.05, 0.1) is 19.8 Å². The molecular formula is C41H84NO7P. The summed E-state index contributed by atoms with van der Waals surface area (Å²) in [6.45, 7) is 4.98. The Hall–Kier alpha value is -0.500. The van der Waals surface area contributed by atoms with Crippen LogP contribution < -0.4 is 5.73 Å². The lowest BCUT2D eigenvalue weighted by atomic mass is 10.0. The number of hydrogen-bond acceptors (Lipinski definition) is 7. The maximum Gasteiger partial charge on any atom is 0.472 e. The van der Waals surface area contributed by atoms with Gasteiger partial charge in [-0.05, 0) is 12.8 Å². The highest BCUT2D eigenvalue weighted by atomic mass is 31.2. The van der Waals surface area contributed by atoms with E-state index >= 15 is 0 Å². The quantitative estimate of drug-likeness (QED) is 0.0362. The first-order valence-corrected chi connectivity index (χ1v) is 23.0. The van der Waals surface area contributed by atoms with Gasteiger partial charge in [-0.2, -0.15) is 0 Å². The summed E-state index contributed by atoms with van der Waals surface area (Å²) in [4.78, 5) is 22.4. The van der Waals surface area contributed by atoms with Crippen molar-refractivity contribution < 1.29 is 32.8 Å². The molecule has 0 aromatic rings. The molecule has 9 heteroatoms. The Morgan fingerprint density at radius 2 is 0.880 bits per heavy atom. The zero-order valence-electron chi connectivity index (χ0n) is 33.2. The maximum absolute atomic E-state index is 12.5. The summed E-state index contributed by atoms with van der Waals surface area (Å²) in [6.07, 6.45) is 39.7. The Kier molecular flexibility index (Phi) is 39.3. The van der Waals surface area contributed by atoms with Crippen LogP contribution >= 0.6 is 7.82 Å². The molecule has 2 unspecified atom stereocenters. The van der Waals surface area contributed by atoms with Crippen LogP contribution in [0.2, 0.25) is 0 Å². The minimum atomic E-state index is -4.26. The van der Waals surface area contributed by atoms with E-state index in [-0.39, 0.29) is 32.3 Å². The molecule has 0 aliphatic carbocycles. The number of phosphoric ester groups is 1. The maximum atomic E-state index is 12.5. The third-order valence-electron chi connectivity index (χ3n) is 9.52. The smallest absolute Gasteiger partial charge is 0.457 e. The van der Waals surface area contributed by atoms with Crippen LogP contribution in [0.25, 0.3) is 0 Å². The van der Waals surface area contributed by atoms with Crippen LogP contribution in [0.1, 0.15) is 219 Å². The molecule has 0 fully saturated rings. The second-order valence-electron chi connectivity index (χ2n) is 14.6. The second kappa shape index (κ2) is 39.7. The molecule has 0 bridgehead atoms. The van der Waals surface area contributed by atoms with E-state index in [9.17, 15) is 14.3 Å². The van der Waals surface area contributed by atoms with Gasteiger partial charge in [-0.3, -0.25) is 13.8 Å². The monoisotopic (exact) mass is 734 g/mol. The predicted octanol–water partition coefficient (Wildman–Crippen LogP) is 12.5. The summed E-state index contributed by atoms with van der Waals surface area (Å²) >= 11 is 0. The molecule has 50 heavy (non-hydrogen) atoms. The van der Waals surface area contributed by atoms with Gasteiger partial charge in [-0.1, -0.05) is 200 Å². The Bertz CT molecular complexity index is 742. The normalized spacial score (nSPS) is 13.4. The fraction of sp³-hybridized carbons (Fsp3) is 0.976. The molecule has 8 nitrogen and oxygen atoms in total. The molecule has 0 aromatic carbocycles. The number of hydrogen-bond donors (Lipinski definition) is 2. The Morgan fingerprint density at radius 1 is 0.520 bits per heavy atom. The van der Waals surface area contributed by atoms with E-state index < -0.39 is 13.9 Å². The molecule has 3 N–H and O–H groups in total. The summed E-state index contributed by atoms with van der Waals surface area (Å²) in [6, 6.07) is 0. The van der Waals surface area contributed by atoms with Crippen molar-refractivity contribution in [2.45, 2.75) is 225 Å². The third kappa shape index (κ3) is 38.7. The Labute approximate surface area is 310 Å². The van der Waals surface area contributed by atoms with Gasteiger partial charge in [0.1, 0.15) is 6.10 Å². The van der Waals surface area contributed by atoms with Crippen LogP contribution in [0.4, 0.5) is 0 Å². The molecule has 0 spiro atoms. The predicted molar refractivity (Wildman–Crippen MR) is 211 cm³/mol. The van der Waals surface area contributed by atoms with Crippen molar-refractivity contribution in [1.29, 1.82) is 0 Å². The van der Waals surface area contributed by atoms with Crippen molar-refractivity contribution in [3.63, 3.8) is 0 Å². The van der Waals surface area contributed by atoms with Crippen LogP contribution in [0.5, 0.6) is 0 Å². The average molecular weight is 734 g/mol. The van der Waals surface area contributed by atoms with Crippen molar-refractivity contribution in [2.24, 2.45) is 5.73 Å². The number of esters is 1. The molecule has 0 heterocycles. The van der Waals surface area contributed by atoms with Crippen LogP contribution in [-0.4, -0.2) is 49.9 Å². The molecule has 0 rings (SSSR count). The first-order chi connectivity index (χ1) is 24.4. The first-order valence-electron chi connectivity index (χ1n) is 21.5. The van der Waals surface area contributed by atoms with Crippen molar-refractivity contribution in [1.82, 2.24) is 0 Å². The fourth-order valence-corrected chi connectivity index (χ4v) is 7.12. The zero-order valence-corrected chi connectivity index (χ0v) is 34.1. The number of carbonyl (C=O) groups is 1. The average Bonchev–Trinajstić information content (AvgIpc) is 3.10. The van der Waals surface area contributed by atoms with Gasteiger partial charge in [-0.15, -0.1) is 0 Å². The standard InChI is InChI=1S/C41H84NO7P/c1-3-5-7-9-11-13-15-17-18-19-20-21-23-25-27-29-31-33-36-46-38-40(39-48-50(44,45)47-37-35-42)49-41(43)34-32-30-28-26-24-22-16-14-12-10-8-6-4-2/h40H,3-39,42H2,1-2H3,(H,44,45). The molecule has 2 atom stereocenters. The van der Waals surface area contributed by atoms with Gasteiger partial charge in [0.15, 0.2) is 0 Å². The van der Waals surface area contributed by atoms with Crippen molar-refractivity contribution >= 4 is 13.8 Å². The SMILES string of the molecule is CCCCCCCCCCCCCCCCCCCCOCC(COP(=O)(O)OCCN)OC(=O)CCCCCCCCCCCCCCC. The molecule has 0 radical (unpaired) electrons. The number of carbonyl (C=O) groups excluding carboxylic acids is 1. The second-order valence-corrected chi connectivity index (χ2v) is 16.0. The molecule has 0 saturated heterocycles. The van der Waals surface area contributed by atoms with E-state index in [1.165, 1.54) is 167 Å². The number of phosphoric acid groups is 1. The lowest BCUT2D eigenvalue weighted by Gasteiger charge is -2.20. The van der Waals surface area contributed by atoms with Gasteiger partial charge < -0.3 is 20.1 Å². The lowest BCUT2D eigenvalue weighted by Crippen LogP contribution is -2.28. The number of nitrogens with two attached hydrogens (primary N) is 1. The Morgan fingerprint density at radius 3 is 1.26 bits per heavy atom. The van der Waals surface area contributed by atoms with Gasteiger partial charge in [-0.25, -0.2) is 4.57 Å². The molecule has 0 amide bonds. The molecule has 0 aliphatic rings. The first kappa shape index (κ1) is 49.5. The van der Waals surface area contributed by atoms with E-state index in [4.69, 9.17) is 24.3 Å². The highest BCUT2D eigenvalue weighted by Gasteiger charge is 2.25. The van der Waals surface area contributed by atoms with Crippen LogP contribution in [0.15, 0.2) is 0 Å². The molecule has 0 aromatic heterocycles. The lowest BCUT2D eigenvalue weighted by molar-refractivity contribution is -0.154. The fourth-order valence-electron chi connectivity index (χ4n) is 6.35. The minimum absolute atomic E-state index is 0.0901. The molecule has 0 aliphatic heterocycles. The van der Waals surface area contributed by atoms with Gasteiger partial charge in [0.2, 0.25) is 0 Å². The van der Waals surface area contributed by atoms with Crippen molar-refractivity contribution in [2.75, 3.05) is 33.0 Å². The van der Waals surface area contributed by atoms with E-state index in [0.29, 0.717) is 13.0 Å². The van der Waals surface area contributed by atoms with E-state index in [0.717, 1.165) is 32.1 Å². The number of rotatable bonds is 42. The number of ether oxygens (including phenoxy) is 2. The zero-order chi connectivity index (χ0) is 36.6. The van der Waals surface area contributed by atoms with E-state index in [2.05, 4.69) is 13.8 Å². The van der Waals surface area contributed by atoms with Gasteiger partial charge in [0.25, 0.3) is 0 Å². The van der Waals surface area contributed by atoms with Crippen molar-refractivity contribution in [3.05, 3.63) is 0 Å². The minimum Gasteiger partial charge on any atom is -0.457 e. The van der Waals surface area contributed by atoms with Crippen LogP contribution in [0.3, 0.4) is 0 Å². The highest BCUT2D eigenvalue weighted by Crippen LogP contribution is 2.43. The molecule has 0 saturated carbocycles. The third-order valence-corrected chi connectivity index (χ3v) is 10.5.